The Balaban J connectivity index is 1.68. The Kier molecular flexibility index (Phi) is 2.94. The zero-order chi connectivity index (χ0) is 11.7. The SMILES string of the molecule is O=C(NC1COc2ccccc21)C1CSCN1. The lowest BCUT2D eigenvalue weighted by Gasteiger charge is -2.15. The second-order valence-corrected chi connectivity index (χ2v) is 5.21. The Hall–Kier alpha value is -1.20. The first-order chi connectivity index (χ1) is 8.34. The third kappa shape index (κ3) is 2.12. The summed E-state index contributed by atoms with van der Waals surface area (Å²) in [7, 11) is 0. The fourth-order valence-electron chi connectivity index (χ4n) is 2.12. The molecule has 2 atom stereocenters. The van der Waals surface area contributed by atoms with Crippen LogP contribution in [-0.2, 0) is 4.79 Å². The number of carbonyl (C=O) groups is 1. The van der Waals surface area contributed by atoms with E-state index in [1.807, 2.05) is 24.3 Å². The van der Waals surface area contributed by atoms with Gasteiger partial charge in [0.1, 0.15) is 12.4 Å². The van der Waals surface area contributed by atoms with Crippen molar-refractivity contribution in [2.45, 2.75) is 12.1 Å². The number of thioether (sulfide) groups is 1. The lowest BCUT2D eigenvalue weighted by atomic mass is 10.1. The molecule has 0 bridgehead atoms. The molecule has 1 aromatic rings. The van der Waals surface area contributed by atoms with Gasteiger partial charge in [0.2, 0.25) is 5.91 Å². The van der Waals surface area contributed by atoms with Gasteiger partial charge in [0.15, 0.2) is 0 Å². The topological polar surface area (TPSA) is 50.4 Å². The maximum absolute atomic E-state index is 12.0. The van der Waals surface area contributed by atoms with Crippen LogP contribution in [0.5, 0.6) is 5.75 Å². The van der Waals surface area contributed by atoms with Gasteiger partial charge < -0.3 is 10.1 Å². The van der Waals surface area contributed by atoms with E-state index in [-0.39, 0.29) is 18.0 Å². The molecule has 0 saturated carbocycles. The minimum Gasteiger partial charge on any atom is -0.491 e. The maximum atomic E-state index is 12.0. The third-order valence-corrected chi connectivity index (χ3v) is 3.99. The summed E-state index contributed by atoms with van der Waals surface area (Å²) in [4.78, 5) is 12.0. The highest BCUT2D eigenvalue weighted by molar-refractivity contribution is 7.99. The molecule has 0 aromatic heterocycles. The molecule has 0 aliphatic carbocycles. The number of fused-ring (bicyclic) bond motifs is 1. The van der Waals surface area contributed by atoms with Crippen LogP contribution in [0.3, 0.4) is 0 Å². The lowest BCUT2D eigenvalue weighted by Crippen LogP contribution is -2.43. The Bertz CT molecular complexity index is 432. The number of carbonyl (C=O) groups excluding carboxylic acids is 1. The van der Waals surface area contributed by atoms with Gasteiger partial charge in [-0.3, -0.25) is 10.1 Å². The quantitative estimate of drug-likeness (QED) is 0.819. The van der Waals surface area contributed by atoms with Crippen molar-refractivity contribution >= 4 is 17.7 Å². The van der Waals surface area contributed by atoms with Crippen molar-refractivity contribution in [3.05, 3.63) is 29.8 Å². The molecule has 2 heterocycles. The van der Waals surface area contributed by atoms with Gasteiger partial charge in [0.25, 0.3) is 0 Å². The van der Waals surface area contributed by atoms with Crippen molar-refractivity contribution < 1.29 is 9.53 Å². The van der Waals surface area contributed by atoms with Crippen molar-refractivity contribution in [2.24, 2.45) is 0 Å². The average Bonchev–Trinajstić information content (AvgIpc) is 2.98. The van der Waals surface area contributed by atoms with Gasteiger partial charge in [-0.05, 0) is 6.07 Å². The number of rotatable bonds is 2. The van der Waals surface area contributed by atoms with E-state index in [9.17, 15) is 4.79 Å². The van der Waals surface area contributed by atoms with E-state index < -0.39 is 0 Å². The van der Waals surface area contributed by atoms with Crippen LogP contribution in [-0.4, -0.2) is 30.2 Å². The summed E-state index contributed by atoms with van der Waals surface area (Å²) < 4.78 is 5.53. The van der Waals surface area contributed by atoms with Gasteiger partial charge in [0.05, 0.1) is 12.1 Å². The van der Waals surface area contributed by atoms with E-state index in [1.165, 1.54) is 0 Å². The molecule has 5 heteroatoms. The average molecular weight is 250 g/mol. The number of hydrogen-bond donors (Lipinski definition) is 2. The molecule has 90 valence electrons. The number of benzene rings is 1. The highest BCUT2D eigenvalue weighted by Gasteiger charge is 2.29. The van der Waals surface area contributed by atoms with E-state index >= 15 is 0 Å². The first kappa shape index (κ1) is 10.9. The van der Waals surface area contributed by atoms with E-state index in [1.54, 1.807) is 11.8 Å². The van der Waals surface area contributed by atoms with E-state index in [0.29, 0.717) is 6.61 Å². The number of ether oxygens (including phenoxy) is 1. The molecule has 1 amide bonds. The maximum Gasteiger partial charge on any atom is 0.238 e. The van der Waals surface area contributed by atoms with Gasteiger partial charge in [-0.15, -0.1) is 11.8 Å². The standard InChI is InChI=1S/C12H14N2O2S/c15-12(10-6-17-7-13-10)14-9-5-16-11-4-2-1-3-8(9)11/h1-4,9-10,13H,5-7H2,(H,14,15). The first-order valence-corrected chi connectivity index (χ1v) is 6.83. The van der Waals surface area contributed by atoms with Crippen LogP contribution in [0.2, 0.25) is 0 Å². The summed E-state index contributed by atoms with van der Waals surface area (Å²) >= 11 is 1.75. The monoisotopic (exact) mass is 250 g/mol. The minimum atomic E-state index is -0.0623. The fraction of sp³-hybridized carbons (Fsp3) is 0.417. The molecule has 17 heavy (non-hydrogen) atoms. The Morgan fingerprint density at radius 3 is 3.18 bits per heavy atom. The van der Waals surface area contributed by atoms with Crippen LogP contribution in [0.25, 0.3) is 0 Å². The second-order valence-electron chi connectivity index (χ2n) is 4.18. The summed E-state index contributed by atoms with van der Waals surface area (Å²) in [6.45, 7) is 0.533. The number of amides is 1. The molecule has 4 nitrogen and oxygen atoms in total. The van der Waals surface area contributed by atoms with E-state index in [2.05, 4.69) is 10.6 Å². The second kappa shape index (κ2) is 4.58. The van der Waals surface area contributed by atoms with Gasteiger partial charge >= 0.3 is 0 Å². The fourth-order valence-corrected chi connectivity index (χ4v) is 3.06. The highest BCUT2D eigenvalue weighted by atomic mass is 32.2. The molecule has 1 fully saturated rings. The molecule has 2 aliphatic heterocycles. The van der Waals surface area contributed by atoms with Gasteiger partial charge in [-0.1, -0.05) is 18.2 Å². The highest BCUT2D eigenvalue weighted by Crippen LogP contribution is 2.31. The van der Waals surface area contributed by atoms with Crippen molar-refractivity contribution in [1.82, 2.24) is 10.6 Å². The van der Waals surface area contributed by atoms with Gasteiger partial charge in [-0.2, -0.15) is 0 Å². The van der Waals surface area contributed by atoms with Gasteiger partial charge in [-0.25, -0.2) is 0 Å². The van der Waals surface area contributed by atoms with Crippen LogP contribution in [0.15, 0.2) is 24.3 Å². The zero-order valence-electron chi connectivity index (χ0n) is 9.31. The molecular formula is C12H14N2O2S. The van der Waals surface area contributed by atoms with Crippen LogP contribution in [0.4, 0.5) is 0 Å². The first-order valence-electron chi connectivity index (χ1n) is 5.68. The minimum absolute atomic E-state index is 0.00824. The van der Waals surface area contributed by atoms with E-state index in [0.717, 1.165) is 22.9 Å². The normalized spacial score (nSPS) is 26.4. The van der Waals surface area contributed by atoms with Gasteiger partial charge in [0, 0.05) is 17.2 Å². The molecule has 3 rings (SSSR count). The molecule has 0 radical (unpaired) electrons. The molecular weight excluding hydrogens is 236 g/mol. The molecule has 0 spiro atoms. The smallest absolute Gasteiger partial charge is 0.238 e. The number of hydrogen-bond acceptors (Lipinski definition) is 4. The molecule has 2 aliphatic rings. The molecule has 2 N–H and O–H groups in total. The van der Waals surface area contributed by atoms with Crippen molar-refractivity contribution in [2.75, 3.05) is 18.2 Å². The Morgan fingerprint density at radius 1 is 1.47 bits per heavy atom. The predicted octanol–water partition coefficient (Wildman–Crippen LogP) is 0.899. The summed E-state index contributed by atoms with van der Waals surface area (Å²) in [6.07, 6.45) is 0. The largest absolute Gasteiger partial charge is 0.491 e. The summed E-state index contributed by atoms with van der Waals surface area (Å²) in [5.41, 5.74) is 1.08. The van der Waals surface area contributed by atoms with E-state index in [4.69, 9.17) is 4.74 Å². The summed E-state index contributed by atoms with van der Waals surface area (Å²) in [6, 6.07) is 7.78. The predicted molar refractivity (Wildman–Crippen MR) is 67.1 cm³/mol. The zero-order valence-corrected chi connectivity index (χ0v) is 10.1. The van der Waals surface area contributed by atoms with Crippen molar-refractivity contribution in [3.63, 3.8) is 0 Å². The lowest BCUT2D eigenvalue weighted by molar-refractivity contribution is -0.123. The molecule has 1 saturated heterocycles. The summed E-state index contributed by atoms with van der Waals surface area (Å²) in [5, 5.41) is 6.20. The molecule has 2 unspecified atom stereocenters. The van der Waals surface area contributed by atoms with Crippen molar-refractivity contribution in [1.29, 1.82) is 0 Å². The van der Waals surface area contributed by atoms with Crippen LogP contribution in [0, 0.1) is 0 Å². The van der Waals surface area contributed by atoms with Crippen molar-refractivity contribution in [3.8, 4) is 5.75 Å². The number of nitrogens with one attached hydrogen (secondary N) is 2. The summed E-state index contributed by atoms with van der Waals surface area (Å²) in [5.74, 6) is 2.66. The number of para-hydroxylation sites is 1. The Morgan fingerprint density at radius 2 is 2.35 bits per heavy atom. The van der Waals surface area contributed by atoms with Crippen LogP contribution < -0.4 is 15.4 Å². The van der Waals surface area contributed by atoms with Crippen LogP contribution >= 0.6 is 11.8 Å². The molecule has 1 aromatic carbocycles. The Labute approximate surface area is 104 Å². The van der Waals surface area contributed by atoms with Crippen LogP contribution in [0.1, 0.15) is 11.6 Å². The third-order valence-electron chi connectivity index (χ3n) is 3.05.